The quantitative estimate of drug-likeness (QED) is 0.458. The van der Waals surface area contributed by atoms with Crippen LogP contribution in [0, 0.1) is 5.41 Å². The Hall–Kier alpha value is -3.79. The third kappa shape index (κ3) is 5.08. The summed E-state index contributed by atoms with van der Waals surface area (Å²) in [5.41, 5.74) is 0.623. The Morgan fingerprint density at radius 1 is 1.02 bits per heavy atom. The number of carbonyl (C=O) groups is 3. The van der Waals surface area contributed by atoms with Crippen LogP contribution >= 0.6 is 0 Å². The van der Waals surface area contributed by atoms with Crippen LogP contribution in [0.2, 0.25) is 0 Å². The Bertz CT molecular complexity index is 1240. The smallest absolute Gasteiger partial charge is 0.327 e. The number of imide groups is 1. The average Bonchev–Trinajstić information content (AvgIpc) is 3.46. The molecule has 2 aromatic carbocycles. The van der Waals surface area contributed by atoms with E-state index < -0.39 is 17.7 Å². The summed E-state index contributed by atoms with van der Waals surface area (Å²) in [7, 11) is 0. The van der Waals surface area contributed by atoms with E-state index in [4.69, 9.17) is 18.9 Å². The molecule has 2 aromatic rings. The second-order valence-corrected chi connectivity index (χ2v) is 10.3. The van der Waals surface area contributed by atoms with Gasteiger partial charge in [0.15, 0.2) is 17.7 Å². The first-order valence-corrected chi connectivity index (χ1v) is 14.1. The number of morpholine rings is 1. The van der Waals surface area contributed by atoms with Gasteiger partial charge in [-0.1, -0.05) is 33.3 Å². The second-order valence-electron chi connectivity index (χ2n) is 10.3. The summed E-state index contributed by atoms with van der Waals surface area (Å²) in [6, 6.07) is 11.7. The highest BCUT2D eigenvalue weighted by Gasteiger charge is 2.63. The minimum Gasteiger partial charge on any atom is -0.469 e. The summed E-state index contributed by atoms with van der Waals surface area (Å²) < 4.78 is 22.6. The fraction of sp³-hybridized carbons (Fsp3) is 0.500. The largest absolute Gasteiger partial charge is 0.469 e. The lowest BCUT2D eigenvalue weighted by atomic mass is 9.72. The molecule has 1 N–H and O–H groups in total. The first-order valence-electron chi connectivity index (χ1n) is 14.1. The molecule has 40 heavy (non-hydrogen) atoms. The van der Waals surface area contributed by atoms with Gasteiger partial charge in [-0.05, 0) is 61.2 Å². The lowest BCUT2D eigenvalue weighted by molar-refractivity contribution is -0.191. The van der Waals surface area contributed by atoms with Crippen molar-refractivity contribution < 1.29 is 33.3 Å². The molecule has 0 radical (unpaired) electrons. The van der Waals surface area contributed by atoms with E-state index in [1.807, 2.05) is 39.0 Å². The van der Waals surface area contributed by atoms with Crippen LogP contribution in [0.1, 0.15) is 68.4 Å². The number of carbonyl (C=O) groups excluding carboxylic acids is 3. The van der Waals surface area contributed by atoms with Crippen molar-refractivity contribution in [3.63, 3.8) is 0 Å². The number of nitrogens with one attached hydrogen (secondary N) is 1. The molecule has 2 fully saturated rings. The van der Waals surface area contributed by atoms with Crippen LogP contribution in [0.15, 0.2) is 42.5 Å². The molecule has 0 aliphatic carbocycles. The van der Waals surface area contributed by atoms with Crippen LogP contribution in [-0.4, -0.2) is 67.0 Å². The topological polar surface area (TPSA) is 107 Å². The summed E-state index contributed by atoms with van der Waals surface area (Å²) in [6.45, 7) is 8.27. The van der Waals surface area contributed by atoms with Gasteiger partial charge in [-0.2, -0.15) is 0 Å². The van der Waals surface area contributed by atoms with E-state index in [9.17, 15) is 14.4 Å². The van der Waals surface area contributed by atoms with Crippen LogP contribution < -0.4 is 19.5 Å². The van der Waals surface area contributed by atoms with E-state index in [2.05, 4.69) is 5.32 Å². The van der Waals surface area contributed by atoms with Crippen molar-refractivity contribution in [3.8, 4) is 17.2 Å². The van der Waals surface area contributed by atoms with Gasteiger partial charge in [0.2, 0.25) is 12.7 Å². The fourth-order valence-electron chi connectivity index (χ4n) is 5.61. The van der Waals surface area contributed by atoms with E-state index in [-0.39, 0.29) is 24.6 Å². The van der Waals surface area contributed by atoms with Gasteiger partial charge in [0.25, 0.3) is 5.91 Å². The van der Waals surface area contributed by atoms with Gasteiger partial charge in [-0.25, -0.2) is 9.69 Å². The molecule has 0 bridgehead atoms. The third-order valence-electron chi connectivity index (χ3n) is 8.15. The SMILES string of the molecule is CCC[C@H](NC(=O)N1C(=O)C(CC)(CC)[C@@H]1Oc1ccc(C(=O)N2CCOCC2)cc1)c1ccc2c(c1)OCO2. The van der Waals surface area contributed by atoms with Crippen LogP contribution in [0.5, 0.6) is 17.2 Å². The van der Waals surface area contributed by atoms with Gasteiger partial charge in [0, 0.05) is 18.7 Å². The summed E-state index contributed by atoms with van der Waals surface area (Å²) in [5.74, 6) is 1.49. The molecular formula is C30H37N3O7. The second kappa shape index (κ2) is 11.8. The number of nitrogens with zero attached hydrogens (tertiary/aromatic N) is 2. The van der Waals surface area contributed by atoms with Crippen LogP contribution in [0.4, 0.5) is 4.79 Å². The van der Waals surface area contributed by atoms with Gasteiger partial charge in [0.05, 0.1) is 19.3 Å². The van der Waals surface area contributed by atoms with Gasteiger partial charge in [0.1, 0.15) is 11.2 Å². The molecule has 3 aliphatic heterocycles. The Morgan fingerprint density at radius 2 is 1.73 bits per heavy atom. The minimum atomic E-state index is -0.807. The first-order chi connectivity index (χ1) is 19.4. The number of β-lactam (4-membered cyclic amide) rings is 1. The Kier molecular flexibility index (Phi) is 8.16. The highest BCUT2D eigenvalue weighted by molar-refractivity contribution is 6.03. The molecule has 4 amide bonds. The highest BCUT2D eigenvalue weighted by Crippen LogP contribution is 2.46. The van der Waals surface area contributed by atoms with Crippen molar-refractivity contribution in [3.05, 3.63) is 53.6 Å². The van der Waals surface area contributed by atoms with Gasteiger partial charge in [-0.15, -0.1) is 0 Å². The summed E-state index contributed by atoms with van der Waals surface area (Å²) in [5, 5.41) is 3.05. The van der Waals surface area contributed by atoms with Gasteiger partial charge in [-0.3, -0.25) is 9.59 Å². The summed E-state index contributed by atoms with van der Waals surface area (Å²) in [6.07, 6.45) is 1.81. The molecule has 2 atom stereocenters. The molecule has 10 nitrogen and oxygen atoms in total. The van der Waals surface area contributed by atoms with Crippen molar-refractivity contribution in [2.45, 2.75) is 58.7 Å². The van der Waals surface area contributed by atoms with E-state index in [0.29, 0.717) is 68.4 Å². The van der Waals surface area contributed by atoms with Crippen LogP contribution in [-0.2, 0) is 9.53 Å². The average molecular weight is 552 g/mol. The Balaban J connectivity index is 1.32. The molecule has 5 rings (SSSR count). The van der Waals surface area contributed by atoms with Crippen molar-refractivity contribution >= 4 is 17.8 Å². The van der Waals surface area contributed by atoms with Crippen molar-refractivity contribution in [1.82, 2.24) is 15.1 Å². The lowest BCUT2D eigenvalue weighted by Gasteiger charge is -2.53. The zero-order valence-electron chi connectivity index (χ0n) is 23.3. The zero-order chi connectivity index (χ0) is 28.3. The monoisotopic (exact) mass is 551 g/mol. The summed E-state index contributed by atoms with van der Waals surface area (Å²) >= 11 is 0. The van der Waals surface area contributed by atoms with E-state index in [0.717, 1.165) is 12.0 Å². The highest BCUT2D eigenvalue weighted by atomic mass is 16.7. The molecular weight excluding hydrogens is 514 g/mol. The number of rotatable bonds is 9. The normalized spacial score (nSPS) is 20.1. The standard InChI is InChI=1S/C30H37N3O7/c1-4-7-23(21-10-13-24-25(18-21)39-19-38-24)31-29(36)33-27(35)30(5-2,6-3)28(33)40-22-11-8-20(9-12-22)26(34)32-14-16-37-17-15-32/h8-13,18,23,28H,4-7,14-17,19H2,1-3H3,(H,31,36)/t23-,28-/m0/s1. The first kappa shape index (κ1) is 27.8. The lowest BCUT2D eigenvalue weighted by Crippen LogP contribution is -2.73. The number of fused-ring (bicyclic) bond motifs is 1. The minimum absolute atomic E-state index is 0.0587. The van der Waals surface area contributed by atoms with E-state index in [1.165, 1.54) is 4.90 Å². The number of urea groups is 1. The molecule has 3 aliphatic rings. The number of amides is 4. The van der Waals surface area contributed by atoms with Gasteiger partial charge >= 0.3 is 6.03 Å². The predicted octanol–water partition coefficient (Wildman–Crippen LogP) is 4.49. The predicted molar refractivity (Wildman–Crippen MR) is 146 cm³/mol. The maximum atomic E-state index is 13.6. The third-order valence-corrected chi connectivity index (χ3v) is 8.15. The van der Waals surface area contributed by atoms with Crippen LogP contribution in [0.25, 0.3) is 0 Å². The number of ether oxygens (including phenoxy) is 4. The van der Waals surface area contributed by atoms with Crippen molar-refractivity contribution in [1.29, 1.82) is 0 Å². The molecule has 3 heterocycles. The number of likely N-dealkylation sites (tertiary alicyclic amines) is 1. The van der Waals surface area contributed by atoms with Crippen molar-refractivity contribution in [2.75, 3.05) is 33.1 Å². The zero-order valence-corrected chi connectivity index (χ0v) is 23.3. The van der Waals surface area contributed by atoms with Crippen molar-refractivity contribution in [2.24, 2.45) is 5.41 Å². The summed E-state index contributed by atoms with van der Waals surface area (Å²) in [4.78, 5) is 42.8. The molecule has 2 saturated heterocycles. The molecule has 0 aromatic heterocycles. The van der Waals surface area contributed by atoms with Crippen LogP contribution in [0.3, 0.4) is 0 Å². The van der Waals surface area contributed by atoms with E-state index >= 15 is 0 Å². The molecule has 214 valence electrons. The maximum absolute atomic E-state index is 13.6. The molecule has 0 spiro atoms. The molecule has 0 unspecified atom stereocenters. The maximum Gasteiger partial charge on any atom is 0.327 e. The fourth-order valence-corrected chi connectivity index (χ4v) is 5.61. The Morgan fingerprint density at radius 3 is 2.40 bits per heavy atom. The number of hydrogen-bond acceptors (Lipinski definition) is 7. The number of hydrogen-bond donors (Lipinski definition) is 1. The van der Waals surface area contributed by atoms with E-state index in [1.54, 1.807) is 29.2 Å². The van der Waals surface area contributed by atoms with Gasteiger partial charge < -0.3 is 29.2 Å². The molecule has 10 heteroatoms. The number of benzene rings is 2. The molecule has 0 saturated carbocycles. The Labute approximate surface area is 234 Å².